The molecule has 0 aliphatic heterocycles. The Hall–Kier alpha value is -2.66. The number of carboxylic acids is 1. The van der Waals surface area contributed by atoms with Gasteiger partial charge in [-0.2, -0.15) is 13.2 Å². The van der Waals surface area contributed by atoms with Crippen LogP contribution in [0, 0.1) is 6.92 Å². The fraction of sp³-hybridized carbons (Fsp3) is 0.389. The van der Waals surface area contributed by atoms with E-state index in [2.05, 4.69) is 41.4 Å². The lowest BCUT2D eigenvalue weighted by atomic mass is 10.2. The first kappa shape index (κ1) is 24.4. The Kier molecular flexibility index (Phi) is 9.05. The fourth-order valence-corrected chi connectivity index (χ4v) is 2.47. The number of urea groups is 1. The molecule has 2 aromatic rings. The number of nitrogens with zero attached hydrogens (tertiary/aromatic N) is 2. The van der Waals surface area contributed by atoms with E-state index in [1.54, 1.807) is 0 Å². The Morgan fingerprint density at radius 1 is 1.21 bits per heavy atom. The van der Waals surface area contributed by atoms with Crippen LogP contribution < -0.4 is 10.6 Å². The fourth-order valence-electron chi connectivity index (χ4n) is 1.77. The molecule has 1 heterocycles. The first-order valence-corrected chi connectivity index (χ1v) is 9.36. The summed E-state index contributed by atoms with van der Waals surface area (Å²) < 4.78 is 31.7. The molecule has 0 fully saturated rings. The van der Waals surface area contributed by atoms with Crippen molar-refractivity contribution in [3.05, 3.63) is 40.9 Å². The van der Waals surface area contributed by atoms with Crippen LogP contribution in [0.3, 0.4) is 0 Å². The number of aromatic nitrogens is 1. The maximum atomic E-state index is 11.9. The number of carbonyl (C=O) groups is 2. The van der Waals surface area contributed by atoms with Crippen molar-refractivity contribution in [3.8, 4) is 0 Å². The second-order valence-corrected chi connectivity index (χ2v) is 7.26. The molecule has 3 N–H and O–H groups in total. The van der Waals surface area contributed by atoms with Gasteiger partial charge in [-0.3, -0.25) is 10.2 Å². The number of aryl methyl sites for hydroxylation is 1. The number of nitrogens with one attached hydrogen (secondary N) is 2. The molecule has 0 atom stereocenters. The van der Waals surface area contributed by atoms with Crippen molar-refractivity contribution in [1.29, 1.82) is 0 Å². The molecule has 160 valence electrons. The van der Waals surface area contributed by atoms with Gasteiger partial charge in [0.2, 0.25) is 0 Å². The number of rotatable bonds is 5. The molecule has 2 rings (SSSR count). The van der Waals surface area contributed by atoms with Crippen LogP contribution >= 0.6 is 11.3 Å². The predicted octanol–water partition coefficient (Wildman–Crippen LogP) is 4.57. The van der Waals surface area contributed by atoms with Crippen LogP contribution in [-0.2, 0) is 11.3 Å². The molecule has 0 aliphatic rings. The number of benzene rings is 1. The molecule has 0 spiro atoms. The molecule has 0 aliphatic carbocycles. The molecular formula is C18H23F3N4O3S. The molecule has 0 bridgehead atoms. The van der Waals surface area contributed by atoms with E-state index in [1.165, 1.54) is 11.3 Å². The Balaban J connectivity index is 0.000000516. The topological polar surface area (TPSA) is 94.6 Å². The standard InChI is InChI=1S/C16H22N4OS.C2HF3O2/c1-11(2)20(4)9-14-10-22-16(18-14)19-15(21)17-13-7-5-12(3)6-8-13;3-2(4,5)1(6)7/h5-8,10-11H,9H2,1-4H3,(H2,17,18,19,21);(H,6,7). The molecule has 1 aromatic carbocycles. The first-order valence-electron chi connectivity index (χ1n) is 8.48. The molecule has 0 radical (unpaired) electrons. The summed E-state index contributed by atoms with van der Waals surface area (Å²) in [5.41, 5.74) is 2.89. The van der Waals surface area contributed by atoms with E-state index < -0.39 is 12.1 Å². The molecule has 0 saturated heterocycles. The maximum Gasteiger partial charge on any atom is 0.490 e. The van der Waals surface area contributed by atoms with Crippen molar-refractivity contribution in [2.45, 2.75) is 39.5 Å². The Morgan fingerprint density at radius 3 is 2.24 bits per heavy atom. The summed E-state index contributed by atoms with van der Waals surface area (Å²) in [4.78, 5) is 27.5. The van der Waals surface area contributed by atoms with Gasteiger partial charge < -0.3 is 10.4 Å². The predicted molar refractivity (Wildman–Crippen MR) is 106 cm³/mol. The Labute approximate surface area is 170 Å². The Bertz CT molecular complexity index is 807. The smallest absolute Gasteiger partial charge is 0.475 e. The lowest BCUT2D eigenvalue weighted by Crippen LogP contribution is -2.25. The Morgan fingerprint density at radius 2 is 1.76 bits per heavy atom. The molecule has 7 nitrogen and oxygen atoms in total. The quantitative estimate of drug-likeness (QED) is 0.644. The van der Waals surface area contributed by atoms with E-state index in [9.17, 15) is 18.0 Å². The van der Waals surface area contributed by atoms with Crippen molar-refractivity contribution < 1.29 is 27.9 Å². The van der Waals surface area contributed by atoms with Gasteiger partial charge in [-0.1, -0.05) is 17.7 Å². The third-order valence-electron chi connectivity index (χ3n) is 3.62. The normalized spacial score (nSPS) is 11.1. The third kappa shape index (κ3) is 9.39. The van der Waals surface area contributed by atoms with E-state index in [-0.39, 0.29) is 6.03 Å². The number of thiazole rings is 1. The largest absolute Gasteiger partial charge is 0.490 e. The van der Waals surface area contributed by atoms with Crippen molar-refractivity contribution in [2.75, 3.05) is 17.7 Å². The van der Waals surface area contributed by atoms with E-state index in [0.29, 0.717) is 11.2 Å². The maximum absolute atomic E-state index is 11.9. The average Bonchev–Trinajstić information content (AvgIpc) is 3.03. The van der Waals surface area contributed by atoms with Gasteiger partial charge in [-0.15, -0.1) is 11.3 Å². The monoisotopic (exact) mass is 432 g/mol. The molecule has 29 heavy (non-hydrogen) atoms. The van der Waals surface area contributed by atoms with Crippen LogP contribution in [0.2, 0.25) is 0 Å². The molecule has 2 amide bonds. The highest BCUT2D eigenvalue weighted by atomic mass is 32.1. The van der Waals surface area contributed by atoms with Gasteiger partial charge in [0.05, 0.1) is 5.69 Å². The minimum Gasteiger partial charge on any atom is -0.475 e. The van der Waals surface area contributed by atoms with Crippen LogP contribution in [0.1, 0.15) is 25.1 Å². The minimum atomic E-state index is -5.08. The lowest BCUT2D eigenvalue weighted by molar-refractivity contribution is -0.192. The summed E-state index contributed by atoms with van der Waals surface area (Å²) in [7, 11) is 2.06. The van der Waals surface area contributed by atoms with Gasteiger partial charge in [-0.25, -0.2) is 14.6 Å². The summed E-state index contributed by atoms with van der Waals surface area (Å²) in [5, 5.41) is 15.3. The van der Waals surface area contributed by atoms with Crippen molar-refractivity contribution in [2.24, 2.45) is 0 Å². The van der Waals surface area contributed by atoms with Gasteiger partial charge in [0, 0.05) is 23.7 Å². The minimum absolute atomic E-state index is 0.276. The number of anilines is 2. The SMILES string of the molecule is Cc1ccc(NC(=O)Nc2nc(CN(C)C(C)C)cs2)cc1.O=C(O)C(F)(F)F. The van der Waals surface area contributed by atoms with Gasteiger partial charge >= 0.3 is 18.2 Å². The lowest BCUT2D eigenvalue weighted by Gasteiger charge is -2.19. The average molecular weight is 432 g/mol. The summed E-state index contributed by atoms with van der Waals surface area (Å²) in [5.74, 6) is -2.76. The molecular weight excluding hydrogens is 409 g/mol. The van der Waals surface area contributed by atoms with Crippen LogP contribution in [0.25, 0.3) is 0 Å². The van der Waals surface area contributed by atoms with Gasteiger partial charge in [0.25, 0.3) is 0 Å². The highest BCUT2D eigenvalue weighted by Gasteiger charge is 2.38. The number of hydrogen-bond donors (Lipinski definition) is 3. The molecule has 0 saturated carbocycles. The zero-order valence-corrected chi connectivity index (χ0v) is 17.2. The van der Waals surface area contributed by atoms with E-state index in [4.69, 9.17) is 9.90 Å². The number of carbonyl (C=O) groups excluding carboxylic acids is 1. The molecule has 0 unspecified atom stereocenters. The molecule has 1 aromatic heterocycles. The second-order valence-electron chi connectivity index (χ2n) is 6.40. The zero-order chi connectivity index (χ0) is 22.2. The zero-order valence-electron chi connectivity index (χ0n) is 16.4. The number of carboxylic acid groups (broad SMARTS) is 1. The summed E-state index contributed by atoms with van der Waals surface area (Å²) in [6.07, 6.45) is -5.08. The van der Waals surface area contributed by atoms with Crippen molar-refractivity contribution >= 4 is 34.2 Å². The van der Waals surface area contributed by atoms with Crippen LogP contribution in [-0.4, -0.2) is 46.3 Å². The number of alkyl halides is 3. The number of halogens is 3. The van der Waals surface area contributed by atoms with E-state index in [1.807, 2.05) is 36.6 Å². The van der Waals surface area contributed by atoms with Crippen molar-refractivity contribution in [1.82, 2.24) is 9.88 Å². The number of amides is 2. The highest BCUT2D eigenvalue weighted by Crippen LogP contribution is 2.18. The van der Waals surface area contributed by atoms with Crippen LogP contribution in [0.4, 0.5) is 28.8 Å². The summed E-state index contributed by atoms with van der Waals surface area (Å²) in [6, 6.07) is 7.85. The van der Waals surface area contributed by atoms with Gasteiger partial charge in [0.15, 0.2) is 5.13 Å². The highest BCUT2D eigenvalue weighted by molar-refractivity contribution is 7.13. The third-order valence-corrected chi connectivity index (χ3v) is 4.42. The van der Waals surface area contributed by atoms with Crippen molar-refractivity contribution in [3.63, 3.8) is 0 Å². The summed E-state index contributed by atoms with van der Waals surface area (Å²) >= 11 is 1.43. The molecule has 11 heteroatoms. The summed E-state index contributed by atoms with van der Waals surface area (Å²) in [6.45, 7) is 7.06. The van der Waals surface area contributed by atoms with Crippen LogP contribution in [0.5, 0.6) is 0 Å². The van der Waals surface area contributed by atoms with Crippen LogP contribution in [0.15, 0.2) is 29.6 Å². The number of hydrogen-bond acceptors (Lipinski definition) is 5. The second kappa shape index (κ2) is 10.8. The van der Waals surface area contributed by atoms with Gasteiger partial charge in [-0.05, 0) is 40.0 Å². The van der Waals surface area contributed by atoms with E-state index in [0.717, 1.165) is 23.5 Å². The first-order chi connectivity index (χ1) is 13.4. The van der Waals surface area contributed by atoms with E-state index >= 15 is 0 Å². The number of aliphatic carboxylic acids is 1. The van der Waals surface area contributed by atoms with Gasteiger partial charge in [0.1, 0.15) is 0 Å².